The van der Waals surface area contributed by atoms with Crippen LogP contribution in [0.4, 0.5) is 19.0 Å². The molecule has 0 unspecified atom stereocenters. The number of likely N-dealkylation sites (tertiary alicyclic amines) is 1. The highest BCUT2D eigenvalue weighted by Crippen LogP contribution is 2.64. The van der Waals surface area contributed by atoms with E-state index in [4.69, 9.17) is 0 Å². The molecule has 15 heteroatoms. The number of hydrogen-bond acceptors (Lipinski definition) is 7. The average molecular weight is 543 g/mol. The van der Waals surface area contributed by atoms with Gasteiger partial charge in [-0.15, -0.1) is 13.2 Å². The summed E-state index contributed by atoms with van der Waals surface area (Å²) in [5, 5.41) is 11.4. The van der Waals surface area contributed by atoms with E-state index < -0.39 is 54.5 Å². The lowest BCUT2D eigenvalue weighted by Gasteiger charge is -2.31. The number of halogens is 3. The molecule has 3 fully saturated rings. The first-order valence-electron chi connectivity index (χ1n) is 12.1. The van der Waals surface area contributed by atoms with Crippen molar-refractivity contribution in [1.82, 2.24) is 25.3 Å². The third kappa shape index (κ3) is 5.66. The van der Waals surface area contributed by atoms with Crippen LogP contribution < -0.4 is 16.0 Å². The van der Waals surface area contributed by atoms with Crippen molar-refractivity contribution in [1.29, 1.82) is 0 Å². The topological polar surface area (TPSA) is 152 Å². The molecule has 2 aliphatic heterocycles. The second-order valence-corrected chi connectivity index (χ2v) is 10.5. The number of carbonyl (C=O) groups is 5. The smallest absolute Gasteiger partial charge is 0.356 e. The summed E-state index contributed by atoms with van der Waals surface area (Å²) >= 11 is 0. The Hall–Kier alpha value is -3.49. The van der Waals surface area contributed by atoms with Gasteiger partial charge in [-0.1, -0.05) is 13.8 Å². The fraction of sp³-hybridized carbons (Fsp3) is 0.652. The van der Waals surface area contributed by atoms with Crippen LogP contribution in [0.3, 0.4) is 0 Å². The lowest BCUT2D eigenvalue weighted by Crippen LogP contribution is -2.56. The molecule has 0 spiro atoms. The third-order valence-corrected chi connectivity index (χ3v) is 7.65. The fourth-order valence-electron chi connectivity index (χ4n) is 5.51. The minimum absolute atomic E-state index is 0.0897. The Morgan fingerprint density at radius 2 is 2.00 bits per heavy atom. The summed E-state index contributed by atoms with van der Waals surface area (Å²) in [7, 11) is 1.63. The summed E-state index contributed by atoms with van der Waals surface area (Å²) in [6, 6.07) is -1.11. The van der Waals surface area contributed by atoms with Crippen LogP contribution in [0.15, 0.2) is 12.3 Å². The number of piperidine rings is 1. The van der Waals surface area contributed by atoms with E-state index in [0.717, 1.165) is 4.90 Å². The SMILES string of the molecule is Cn1ccc(NC(=O)C(=O)N2C[C@H]3[C@@H]([C@H]2C(=O)N[C@@H](C[C@@H]2CCNC2=O)C(=O)COC(F)(F)F)C3(C)C)n1. The van der Waals surface area contributed by atoms with Crippen molar-refractivity contribution in [2.45, 2.75) is 45.1 Å². The molecule has 4 rings (SSSR count). The molecule has 3 N–H and O–H groups in total. The Morgan fingerprint density at radius 1 is 1.29 bits per heavy atom. The lowest BCUT2D eigenvalue weighted by molar-refractivity contribution is -0.321. The van der Waals surface area contributed by atoms with Crippen molar-refractivity contribution in [3.63, 3.8) is 0 Å². The number of ether oxygens (including phenoxy) is 1. The van der Waals surface area contributed by atoms with E-state index >= 15 is 0 Å². The van der Waals surface area contributed by atoms with Gasteiger partial charge < -0.3 is 20.9 Å². The second kappa shape index (κ2) is 10.0. The zero-order valence-corrected chi connectivity index (χ0v) is 21.0. The monoisotopic (exact) mass is 542 g/mol. The second-order valence-electron chi connectivity index (χ2n) is 10.5. The Bertz CT molecular complexity index is 1150. The van der Waals surface area contributed by atoms with Crippen molar-refractivity contribution in [2.24, 2.45) is 30.2 Å². The van der Waals surface area contributed by atoms with Crippen molar-refractivity contribution in [3.8, 4) is 0 Å². The number of hydrogen-bond donors (Lipinski definition) is 3. The highest BCUT2D eigenvalue weighted by Gasteiger charge is 2.69. The Labute approximate surface area is 215 Å². The normalized spacial score (nSPS) is 26.4. The molecular weight excluding hydrogens is 513 g/mol. The number of nitrogens with one attached hydrogen (secondary N) is 3. The minimum Gasteiger partial charge on any atom is -0.356 e. The molecule has 1 aromatic heterocycles. The van der Waals surface area contributed by atoms with Gasteiger partial charge >= 0.3 is 18.2 Å². The number of ketones is 1. The van der Waals surface area contributed by atoms with E-state index in [-0.39, 0.29) is 41.9 Å². The highest BCUT2D eigenvalue weighted by atomic mass is 19.4. The summed E-state index contributed by atoms with van der Waals surface area (Å²) < 4.78 is 42.7. The maximum Gasteiger partial charge on any atom is 0.522 e. The van der Waals surface area contributed by atoms with Crippen LogP contribution in [0.1, 0.15) is 26.7 Å². The molecule has 0 aromatic carbocycles. The van der Waals surface area contributed by atoms with Gasteiger partial charge in [0.1, 0.15) is 12.6 Å². The van der Waals surface area contributed by atoms with Gasteiger partial charge in [0.05, 0.1) is 6.04 Å². The highest BCUT2D eigenvalue weighted by molar-refractivity contribution is 6.39. The van der Waals surface area contributed by atoms with Gasteiger partial charge in [0.15, 0.2) is 11.6 Å². The molecule has 1 saturated carbocycles. The Balaban J connectivity index is 1.50. The molecule has 0 bridgehead atoms. The van der Waals surface area contributed by atoms with E-state index in [0.29, 0.717) is 13.0 Å². The van der Waals surface area contributed by atoms with Crippen LogP contribution in [-0.2, 0) is 35.8 Å². The van der Waals surface area contributed by atoms with Crippen LogP contribution in [0.5, 0.6) is 0 Å². The number of aromatic nitrogens is 2. The Morgan fingerprint density at radius 3 is 2.58 bits per heavy atom. The van der Waals surface area contributed by atoms with Crippen molar-refractivity contribution in [2.75, 3.05) is 25.0 Å². The summed E-state index contributed by atoms with van der Waals surface area (Å²) in [5.74, 6) is -5.17. The zero-order chi connectivity index (χ0) is 28.0. The first kappa shape index (κ1) is 27.5. The summed E-state index contributed by atoms with van der Waals surface area (Å²) in [4.78, 5) is 65.0. The van der Waals surface area contributed by atoms with Crippen LogP contribution in [0, 0.1) is 23.2 Å². The minimum atomic E-state index is -5.06. The number of fused-ring (bicyclic) bond motifs is 1. The molecular formula is C23H29F3N6O6. The van der Waals surface area contributed by atoms with Gasteiger partial charge in [-0.05, 0) is 30.1 Å². The van der Waals surface area contributed by atoms with E-state index in [9.17, 15) is 37.1 Å². The Kier molecular flexibility index (Phi) is 7.25. The fourth-order valence-corrected chi connectivity index (χ4v) is 5.51. The summed E-state index contributed by atoms with van der Waals surface area (Å²) in [5.41, 5.74) is -0.333. The molecule has 3 aliphatic rings. The largest absolute Gasteiger partial charge is 0.522 e. The average Bonchev–Trinajstić information content (AvgIpc) is 3.33. The molecule has 1 aromatic rings. The first-order chi connectivity index (χ1) is 17.7. The summed E-state index contributed by atoms with van der Waals surface area (Å²) in [6.07, 6.45) is -3.38. The van der Waals surface area contributed by atoms with Gasteiger partial charge in [0.25, 0.3) is 0 Å². The molecule has 4 amide bonds. The zero-order valence-electron chi connectivity index (χ0n) is 21.0. The number of amides is 4. The maximum atomic E-state index is 13.5. The van der Waals surface area contributed by atoms with Crippen molar-refractivity contribution >= 4 is 35.2 Å². The van der Waals surface area contributed by atoms with Gasteiger partial charge in [-0.3, -0.25) is 33.4 Å². The van der Waals surface area contributed by atoms with Gasteiger partial charge in [-0.2, -0.15) is 5.10 Å². The number of nitrogens with zero attached hydrogens (tertiary/aromatic N) is 3. The molecule has 3 heterocycles. The van der Waals surface area contributed by atoms with Gasteiger partial charge in [0, 0.05) is 38.3 Å². The first-order valence-corrected chi connectivity index (χ1v) is 12.1. The third-order valence-electron chi connectivity index (χ3n) is 7.65. The van der Waals surface area contributed by atoms with Crippen molar-refractivity contribution < 1.29 is 41.9 Å². The van der Waals surface area contributed by atoms with Crippen molar-refractivity contribution in [3.05, 3.63) is 12.3 Å². The predicted octanol–water partition coefficient (Wildman–Crippen LogP) is -0.0419. The number of carbonyl (C=O) groups excluding carboxylic acids is 5. The quantitative estimate of drug-likeness (QED) is 0.390. The number of alkyl halides is 3. The molecule has 1 aliphatic carbocycles. The molecule has 12 nitrogen and oxygen atoms in total. The van der Waals surface area contributed by atoms with E-state index in [1.54, 1.807) is 13.2 Å². The predicted molar refractivity (Wildman–Crippen MR) is 123 cm³/mol. The van der Waals surface area contributed by atoms with Crippen LogP contribution in [0.25, 0.3) is 0 Å². The lowest BCUT2D eigenvalue weighted by atomic mass is 9.95. The van der Waals surface area contributed by atoms with Crippen LogP contribution in [0.2, 0.25) is 0 Å². The summed E-state index contributed by atoms with van der Waals surface area (Å²) in [6.45, 7) is 2.92. The molecule has 5 atom stereocenters. The molecule has 38 heavy (non-hydrogen) atoms. The number of Topliss-reactive ketones (excluding diaryl/α,β-unsaturated/α-hetero) is 1. The van der Waals surface area contributed by atoms with Gasteiger partial charge in [0.2, 0.25) is 11.8 Å². The van der Waals surface area contributed by atoms with E-state index in [2.05, 4.69) is 25.8 Å². The van der Waals surface area contributed by atoms with Gasteiger partial charge in [-0.25, -0.2) is 0 Å². The van der Waals surface area contributed by atoms with Crippen LogP contribution in [-0.4, -0.2) is 82.2 Å². The van der Waals surface area contributed by atoms with E-state index in [1.165, 1.54) is 10.7 Å². The molecule has 0 radical (unpaired) electrons. The van der Waals surface area contributed by atoms with Crippen LogP contribution >= 0.6 is 0 Å². The molecule has 208 valence electrons. The number of rotatable bonds is 8. The maximum absolute atomic E-state index is 13.5. The number of aryl methyl sites for hydroxylation is 1. The standard InChI is InChI=1S/C23H29F3N6O6/c1-22(2)12-9-32(21(37)20(36)29-15-5-7-31(3)30-15)17(16(12)22)19(35)28-13(8-11-4-6-27-18(11)34)14(33)10-38-23(24,25)26/h5,7,11-13,16-17H,4,6,8-10H2,1-3H3,(H,27,34)(H,28,35)(H,29,30,36)/t11-,12-,13-,16-,17-/m0/s1. The number of anilines is 1. The molecule has 2 saturated heterocycles. The van der Waals surface area contributed by atoms with E-state index in [1.807, 2.05) is 13.8 Å².